The molecule has 0 radical (unpaired) electrons. The van der Waals surface area contributed by atoms with E-state index in [1.165, 1.54) is 30.1 Å². The molecule has 0 saturated heterocycles. The van der Waals surface area contributed by atoms with E-state index in [9.17, 15) is 14.0 Å². The highest BCUT2D eigenvalue weighted by atomic mass is 19.1. The Hall–Kier alpha value is -3.68. The third-order valence-electron chi connectivity index (χ3n) is 4.08. The van der Waals surface area contributed by atoms with Gasteiger partial charge in [-0.3, -0.25) is 4.79 Å². The molecule has 29 heavy (non-hydrogen) atoms. The zero-order chi connectivity index (χ0) is 20.8. The molecule has 0 spiro atoms. The van der Waals surface area contributed by atoms with Crippen LogP contribution in [0.5, 0.6) is 5.75 Å². The zero-order valence-electron chi connectivity index (χ0n) is 16.0. The second kappa shape index (κ2) is 9.01. The molecule has 1 heterocycles. The number of methoxy groups -OCH3 is 1. The molecule has 0 aliphatic rings. The Kier molecular flexibility index (Phi) is 6.23. The molecule has 0 aliphatic heterocycles. The van der Waals surface area contributed by atoms with Crippen LogP contribution in [0.15, 0.2) is 54.7 Å². The summed E-state index contributed by atoms with van der Waals surface area (Å²) in [6.45, 7) is 1.81. The average molecular weight is 397 g/mol. The first-order chi connectivity index (χ1) is 14.0. The second-order valence-corrected chi connectivity index (χ2v) is 6.07. The van der Waals surface area contributed by atoms with Crippen molar-refractivity contribution in [1.82, 2.24) is 15.1 Å². The molecule has 8 heteroatoms. The molecule has 1 aromatic heterocycles. The van der Waals surface area contributed by atoms with Crippen molar-refractivity contribution in [1.29, 1.82) is 0 Å². The van der Waals surface area contributed by atoms with E-state index in [4.69, 9.17) is 9.47 Å². The van der Waals surface area contributed by atoms with Crippen LogP contribution in [0.25, 0.3) is 16.9 Å². The van der Waals surface area contributed by atoms with E-state index in [1.54, 1.807) is 43.3 Å². The van der Waals surface area contributed by atoms with E-state index in [1.807, 2.05) is 0 Å². The van der Waals surface area contributed by atoms with Crippen LogP contribution in [0.4, 0.5) is 4.39 Å². The van der Waals surface area contributed by atoms with E-state index in [2.05, 4.69) is 10.4 Å². The summed E-state index contributed by atoms with van der Waals surface area (Å²) in [5.41, 5.74) is 1.73. The first-order valence-corrected chi connectivity index (χ1v) is 8.95. The largest absolute Gasteiger partial charge is 0.497 e. The van der Waals surface area contributed by atoms with Gasteiger partial charge in [-0.25, -0.2) is 13.9 Å². The quantitative estimate of drug-likeness (QED) is 0.620. The molecule has 150 valence electrons. The summed E-state index contributed by atoms with van der Waals surface area (Å²) in [5, 5.41) is 7.04. The molecule has 0 unspecified atom stereocenters. The van der Waals surface area contributed by atoms with Gasteiger partial charge in [0.05, 0.1) is 12.8 Å². The number of likely N-dealkylation sites (N-methyl/N-ethyl adjacent to an activating group) is 1. The lowest BCUT2D eigenvalue weighted by molar-refractivity contribution is -0.124. The molecular weight excluding hydrogens is 377 g/mol. The van der Waals surface area contributed by atoms with E-state index >= 15 is 0 Å². The van der Waals surface area contributed by atoms with Gasteiger partial charge in [0.2, 0.25) is 0 Å². The summed E-state index contributed by atoms with van der Waals surface area (Å²) in [4.78, 5) is 24.3. The normalized spacial score (nSPS) is 10.4. The van der Waals surface area contributed by atoms with Gasteiger partial charge in [-0.1, -0.05) is 12.1 Å². The lowest BCUT2D eigenvalue weighted by Gasteiger charge is -2.06. The number of esters is 1. The highest BCUT2D eigenvalue weighted by molar-refractivity contribution is 5.97. The van der Waals surface area contributed by atoms with Crippen LogP contribution in [-0.4, -0.2) is 41.9 Å². The van der Waals surface area contributed by atoms with Crippen molar-refractivity contribution in [2.75, 3.05) is 20.3 Å². The van der Waals surface area contributed by atoms with Gasteiger partial charge in [0.1, 0.15) is 22.8 Å². The second-order valence-electron chi connectivity index (χ2n) is 6.07. The summed E-state index contributed by atoms with van der Waals surface area (Å²) in [6.07, 6.45) is 1.49. The molecular formula is C21H20FN3O4. The number of carbonyl (C=O) groups is 2. The fraction of sp³-hybridized carbons (Fsp3) is 0.190. The topological polar surface area (TPSA) is 82.5 Å². The van der Waals surface area contributed by atoms with Crippen molar-refractivity contribution in [2.45, 2.75) is 6.92 Å². The smallest absolute Gasteiger partial charge is 0.342 e. The van der Waals surface area contributed by atoms with Crippen molar-refractivity contribution in [3.8, 4) is 22.7 Å². The molecule has 0 bridgehead atoms. The maximum absolute atomic E-state index is 13.2. The SMILES string of the molecule is CCNC(=O)COC(=O)c1cn(-c2ccc(F)cc2)nc1-c1cccc(OC)c1. The number of hydrogen-bond acceptors (Lipinski definition) is 5. The number of ether oxygens (including phenoxy) is 2. The van der Waals surface area contributed by atoms with Gasteiger partial charge in [-0.2, -0.15) is 5.10 Å². The van der Waals surface area contributed by atoms with E-state index in [0.29, 0.717) is 29.2 Å². The van der Waals surface area contributed by atoms with Gasteiger partial charge in [0.25, 0.3) is 5.91 Å². The number of carbonyl (C=O) groups excluding carboxylic acids is 2. The number of halogens is 1. The highest BCUT2D eigenvalue weighted by Gasteiger charge is 2.21. The Balaban J connectivity index is 1.98. The maximum atomic E-state index is 13.2. The number of hydrogen-bond donors (Lipinski definition) is 1. The van der Waals surface area contributed by atoms with E-state index < -0.39 is 18.5 Å². The van der Waals surface area contributed by atoms with Crippen molar-refractivity contribution >= 4 is 11.9 Å². The number of aromatic nitrogens is 2. The molecule has 0 aliphatic carbocycles. The number of rotatable bonds is 7. The molecule has 0 atom stereocenters. The predicted octanol–water partition coefficient (Wildman–Crippen LogP) is 2.98. The van der Waals surface area contributed by atoms with Crippen LogP contribution in [0, 0.1) is 5.82 Å². The minimum absolute atomic E-state index is 0.173. The van der Waals surface area contributed by atoms with E-state index in [-0.39, 0.29) is 11.4 Å². The van der Waals surface area contributed by atoms with Crippen LogP contribution in [0.2, 0.25) is 0 Å². The number of nitrogens with zero attached hydrogens (tertiary/aromatic N) is 2. The molecule has 2 aromatic carbocycles. The van der Waals surface area contributed by atoms with Crippen molar-refractivity contribution in [3.05, 3.63) is 66.1 Å². The Morgan fingerprint density at radius 3 is 2.62 bits per heavy atom. The molecule has 1 amide bonds. The predicted molar refractivity (Wildman–Crippen MR) is 104 cm³/mol. The zero-order valence-corrected chi connectivity index (χ0v) is 16.0. The lowest BCUT2D eigenvalue weighted by Crippen LogP contribution is -2.28. The van der Waals surface area contributed by atoms with Crippen molar-refractivity contribution < 1.29 is 23.5 Å². The maximum Gasteiger partial charge on any atom is 0.342 e. The monoisotopic (exact) mass is 397 g/mol. The lowest BCUT2D eigenvalue weighted by atomic mass is 10.1. The van der Waals surface area contributed by atoms with Crippen LogP contribution in [-0.2, 0) is 9.53 Å². The van der Waals surface area contributed by atoms with Gasteiger partial charge in [-0.15, -0.1) is 0 Å². The minimum atomic E-state index is -0.692. The van der Waals surface area contributed by atoms with Crippen molar-refractivity contribution in [2.24, 2.45) is 0 Å². The van der Waals surface area contributed by atoms with Crippen LogP contribution in [0.1, 0.15) is 17.3 Å². The van der Waals surface area contributed by atoms with Crippen molar-refractivity contribution in [3.63, 3.8) is 0 Å². The summed E-state index contributed by atoms with van der Waals surface area (Å²) in [6, 6.07) is 12.7. The van der Waals surface area contributed by atoms with Gasteiger partial charge >= 0.3 is 5.97 Å². The fourth-order valence-corrected chi connectivity index (χ4v) is 2.69. The van der Waals surface area contributed by atoms with Crippen LogP contribution >= 0.6 is 0 Å². The third-order valence-corrected chi connectivity index (χ3v) is 4.08. The fourth-order valence-electron chi connectivity index (χ4n) is 2.69. The summed E-state index contributed by atoms with van der Waals surface area (Å²) >= 11 is 0. The minimum Gasteiger partial charge on any atom is -0.497 e. The van der Waals surface area contributed by atoms with Gasteiger partial charge in [0, 0.05) is 18.3 Å². The average Bonchev–Trinajstić information content (AvgIpc) is 3.18. The molecule has 0 fully saturated rings. The summed E-state index contributed by atoms with van der Waals surface area (Å²) in [5.74, 6) is -0.867. The molecule has 0 saturated carbocycles. The number of amides is 1. The molecule has 3 aromatic rings. The van der Waals surface area contributed by atoms with E-state index in [0.717, 1.165) is 0 Å². The Labute approximate surface area is 167 Å². The summed E-state index contributed by atoms with van der Waals surface area (Å²) < 4.78 is 25.1. The highest BCUT2D eigenvalue weighted by Crippen LogP contribution is 2.27. The first-order valence-electron chi connectivity index (χ1n) is 8.95. The Bertz CT molecular complexity index is 1020. The van der Waals surface area contributed by atoms with Gasteiger partial charge in [0.15, 0.2) is 6.61 Å². The van der Waals surface area contributed by atoms with Crippen LogP contribution < -0.4 is 10.1 Å². The molecule has 3 rings (SSSR count). The molecule has 7 nitrogen and oxygen atoms in total. The Morgan fingerprint density at radius 2 is 1.93 bits per heavy atom. The standard InChI is InChI=1S/C21H20FN3O4/c1-3-23-19(26)13-29-21(27)18-12-25(16-9-7-15(22)8-10-16)24-20(18)14-5-4-6-17(11-14)28-2/h4-12H,3,13H2,1-2H3,(H,23,26). The Morgan fingerprint density at radius 1 is 1.17 bits per heavy atom. The molecule has 1 N–H and O–H groups in total. The van der Waals surface area contributed by atoms with Crippen LogP contribution in [0.3, 0.4) is 0 Å². The number of nitrogens with one attached hydrogen (secondary N) is 1. The van der Waals surface area contributed by atoms with Gasteiger partial charge < -0.3 is 14.8 Å². The number of benzene rings is 2. The third kappa shape index (κ3) is 4.78. The first kappa shape index (κ1) is 20.1. The van der Waals surface area contributed by atoms with Gasteiger partial charge in [-0.05, 0) is 43.3 Å². The summed E-state index contributed by atoms with van der Waals surface area (Å²) in [7, 11) is 1.54.